The summed E-state index contributed by atoms with van der Waals surface area (Å²) in [6, 6.07) is 10.5. The summed E-state index contributed by atoms with van der Waals surface area (Å²) < 4.78 is 19.3. The molecule has 0 spiro atoms. The highest BCUT2D eigenvalue weighted by molar-refractivity contribution is 8.00. The number of carbonyl (C=O) groups is 1. The fourth-order valence-electron chi connectivity index (χ4n) is 2.37. The van der Waals surface area contributed by atoms with Crippen molar-refractivity contribution in [1.29, 1.82) is 0 Å². The van der Waals surface area contributed by atoms with Gasteiger partial charge in [0.1, 0.15) is 5.82 Å². The highest BCUT2D eigenvalue weighted by Gasteiger charge is 2.19. The zero-order valence-electron chi connectivity index (χ0n) is 15.5. The third-order valence-electron chi connectivity index (χ3n) is 4.25. The van der Waals surface area contributed by atoms with Gasteiger partial charge >= 0.3 is 0 Å². The van der Waals surface area contributed by atoms with Crippen LogP contribution in [0.3, 0.4) is 0 Å². The number of amides is 1. The first-order valence-corrected chi connectivity index (χ1v) is 9.36. The molecular formula is C20H20FN3O2S. The standard InChI is InChI=1S/C20H20FN3O2S/c1-11-5-7-15(9-13(11)3)19-23-24-20(26-19)27-14(4)18(25)22-16-8-6-12(2)17(21)10-16/h5-10,14H,1-4H3,(H,22,25)/t14-/m1/s1. The predicted molar refractivity (Wildman–Crippen MR) is 104 cm³/mol. The molecule has 0 saturated heterocycles. The van der Waals surface area contributed by atoms with E-state index in [0.29, 0.717) is 22.4 Å². The Balaban J connectivity index is 1.66. The van der Waals surface area contributed by atoms with Crippen LogP contribution in [0.2, 0.25) is 0 Å². The van der Waals surface area contributed by atoms with E-state index in [2.05, 4.69) is 15.5 Å². The van der Waals surface area contributed by atoms with Crippen LogP contribution in [0.15, 0.2) is 46.0 Å². The molecular weight excluding hydrogens is 365 g/mol. The molecule has 1 aromatic heterocycles. The average Bonchev–Trinajstić information content (AvgIpc) is 3.09. The molecule has 1 heterocycles. The Morgan fingerprint density at radius 1 is 1.07 bits per heavy atom. The number of thioether (sulfide) groups is 1. The molecule has 1 atom stereocenters. The molecule has 1 amide bonds. The van der Waals surface area contributed by atoms with Crippen molar-refractivity contribution in [3.63, 3.8) is 0 Å². The summed E-state index contributed by atoms with van der Waals surface area (Å²) in [5.74, 6) is -0.217. The van der Waals surface area contributed by atoms with E-state index in [-0.39, 0.29) is 11.7 Å². The summed E-state index contributed by atoms with van der Waals surface area (Å²) in [5.41, 5.74) is 4.10. The molecule has 2 aromatic carbocycles. The maximum atomic E-state index is 13.6. The lowest BCUT2D eigenvalue weighted by Crippen LogP contribution is -2.22. The Bertz CT molecular complexity index is 987. The van der Waals surface area contributed by atoms with Crippen molar-refractivity contribution in [2.75, 3.05) is 5.32 Å². The van der Waals surface area contributed by atoms with Crippen molar-refractivity contribution < 1.29 is 13.6 Å². The number of nitrogens with zero attached hydrogens (tertiary/aromatic N) is 2. The highest BCUT2D eigenvalue weighted by atomic mass is 32.2. The average molecular weight is 385 g/mol. The fraction of sp³-hybridized carbons (Fsp3) is 0.250. The number of hydrogen-bond acceptors (Lipinski definition) is 5. The van der Waals surface area contributed by atoms with Gasteiger partial charge in [0.15, 0.2) is 0 Å². The number of hydrogen-bond donors (Lipinski definition) is 1. The summed E-state index contributed by atoms with van der Waals surface area (Å²) in [6.07, 6.45) is 0. The normalized spacial score (nSPS) is 12.0. The number of halogens is 1. The van der Waals surface area contributed by atoms with Gasteiger partial charge in [-0.2, -0.15) is 0 Å². The smallest absolute Gasteiger partial charge is 0.277 e. The van der Waals surface area contributed by atoms with Crippen molar-refractivity contribution in [2.45, 2.75) is 38.2 Å². The monoisotopic (exact) mass is 385 g/mol. The van der Waals surface area contributed by atoms with Crippen LogP contribution < -0.4 is 5.32 Å². The van der Waals surface area contributed by atoms with Gasteiger partial charge in [-0.05, 0) is 68.7 Å². The number of rotatable bonds is 5. The second kappa shape index (κ2) is 7.92. The van der Waals surface area contributed by atoms with Crippen LogP contribution in [0.5, 0.6) is 0 Å². The Morgan fingerprint density at radius 2 is 1.81 bits per heavy atom. The molecule has 0 bridgehead atoms. The van der Waals surface area contributed by atoms with E-state index < -0.39 is 5.25 Å². The van der Waals surface area contributed by atoms with Gasteiger partial charge in [0.25, 0.3) is 5.22 Å². The number of nitrogens with one attached hydrogen (secondary N) is 1. The highest BCUT2D eigenvalue weighted by Crippen LogP contribution is 2.27. The van der Waals surface area contributed by atoms with Crippen LogP contribution in [0.1, 0.15) is 23.6 Å². The molecule has 0 radical (unpaired) electrons. The minimum atomic E-state index is -0.484. The van der Waals surface area contributed by atoms with Gasteiger partial charge in [-0.1, -0.05) is 23.9 Å². The molecule has 7 heteroatoms. The largest absolute Gasteiger partial charge is 0.411 e. The first kappa shape index (κ1) is 19.1. The zero-order chi connectivity index (χ0) is 19.6. The van der Waals surface area contributed by atoms with Crippen LogP contribution >= 0.6 is 11.8 Å². The van der Waals surface area contributed by atoms with Gasteiger partial charge in [-0.25, -0.2) is 4.39 Å². The van der Waals surface area contributed by atoms with Crippen molar-refractivity contribution in [2.24, 2.45) is 0 Å². The number of aryl methyl sites for hydroxylation is 3. The zero-order valence-corrected chi connectivity index (χ0v) is 16.4. The Morgan fingerprint density at radius 3 is 2.52 bits per heavy atom. The van der Waals surface area contributed by atoms with E-state index in [1.54, 1.807) is 26.0 Å². The number of carbonyl (C=O) groups excluding carboxylic acids is 1. The molecule has 3 aromatic rings. The Kier molecular flexibility index (Phi) is 5.60. The lowest BCUT2D eigenvalue weighted by atomic mass is 10.1. The maximum absolute atomic E-state index is 13.6. The summed E-state index contributed by atoms with van der Waals surface area (Å²) in [4.78, 5) is 12.3. The molecule has 3 rings (SSSR count). The minimum absolute atomic E-state index is 0.269. The van der Waals surface area contributed by atoms with Gasteiger partial charge in [-0.15, -0.1) is 10.2 Å². The molecule has 0 aliphatic heterocycles. The molecule has 1 N–H and O–H groups in total. The summed E-state index contributed by atoms with van der Waals surface area (Å²) in [7, 11) is 0. The van der Waals surface area contributed by atoms with Gasteiger partial charge < -0.3 is 9.73 Å². The van der Waals surface area contributed by atoms with E-state index in [1.807, 2.05) is 32.0 Å². The minimum Gasteiger partial charge on any atom is -0.411 e. The van der Waals surface area contributed by atoms with Gasteiger partial charge in [-0.3, -0.25) is 4.79 Å². The summed E-state index contributed by atoms with van der Waals surface area (Å²) >= 11 is 1.16. The van der Waals surface area contributed by atoms with Crippen LogP contribution in [0.4, 0.5) is 10.1 Å². The van der Waals surface area contributed by atoms with Crippen LogP contribution in [0, 0.1) is 26.6 Å². The first-order chi connectivity index (χ1) is 12.8. The van der Waals surface area contributed by atoms with E-state index in [4.69, 9.17) is 4.42 Å². The van der Waals surface area contributed by atoms with Crippen molar-refractivity contribution in [1.82, 2.24) is 10.2 Å². The number of anilines is 1. The number of benzene rings is 2. The molecule has 27 heavy (non-hydrogen) atoms. The maximum Gasteiger partial charge on any atom is 0.277 e. The third-order valence-corrected chi connectivity index (χ3v) is 5.18. The number of aromatic nitrogens is 2. The lowest BCUT2D eigenvalue weighted by Gasteiger charge is -2.10. The second-order valence-corrected chi connectivity index (χ2v) is 7.68. The van der Waals surface area contributed by atoms with Crippen LogP contribution in [-0.4, -0.2) is 21.4 Å². The molecule has 0 aliphatic carbocycles. The molecule has 0 saturated carbocycles. The van der Waals surface area contributed by atoms with Gasteiger partial charge in [0, 0.05) is 11.3 Å². The van der Waals surface area contributed by atoms with E-state index in [9.17, 15) is 9.18 Å². The molecule has 0 unspecified atom stereocenters. The van der Waals surface area contributed by atoms with Crippen LogP contribution in [-0.2, 0) is 4.79 Å². The molecule has 5 nitrogen and oxygen atoms in total. The SMILES string of the molecule is Cc1ccc(-c2nnc(S[C@H](C)C(=O)Nc3ccc(C)c(F)c3)o2)cc1C. The van der Waals surface area contributed by atoms with Gasteiger partial charge in [0.2, 0.25) is 11.8 Å². The second-order valence-electron chi connectivity index (χ2n) is 6.39. The summed E-state index contributed by atoms with van der Waals surface area (Å²) in [6.45, 7) is 7.45. The van der Waals surface area contributed by atoms with E-state index >= 15 is 0 Å². The third kappa shape index (κ3) is 4.54. The molecule has 140 valence electrons. The summed E-state index contributed by atoms with van der Waals surface area (Å²) in [5, 5.41) is 10.6. The lowest BCUT2D eigenvalue weighted by molar-refractivity contribution is -0.115. The topological polar surface area (TPSA) is 68.0 Å². The predicted octanol–water partition coefficient (Wildman–Crippen LogP) is 4.92. The Hall–Kier alpha value is -2.67. The Labute approximate surface area is 161 Å². The van der Waals surface area contributed by atoms with E-state index in [0.717, 1.165) is 22.9 Å². The van der Waals surface area contributed by atoms with E-state index in [1.165, 1.54) is 11.6 Å². The molecule has 0 fully saturated rings. The van der Waals surface area contributed by atoms with Crippen molar-refractivity contribution in [3.05, 3.63) is 58.9 Å². The van der Waals surface area contributed by atoms with Crippen molar-refractivity contribution >= 4 is 23.4 Å². The molecule has 0 aliphatic rings. The quantitative estimate of drug-likeness (QED) is 0.632. The van der Waals surface area contributed by atoms with Crippen molar-refractivity contribution in [3.8, 4) is 11.5 Å². The van der Waals surface area contributed by atoms with Crippen LogP contribution in [0.25, 0.3) is 11.5 Å². The fourth-order valence-corrected chi connectivity index (χ4v) is 3.05. The van der Waals surface area contributed by atoms with Gasteiger partial charge in [0.05, 0.1) is 5.25 Å². The first-order valence-electron chi connectivity index (χ1n) is 8.48.